The Morgan fingerprint density at radius 1 is 1.07 bits per heavy atom. The minimum Gasteiger partial charge on any atom is -0.379 e. The highest BCUT2D eigenvalue weighted by molar-refractivity contribution is 5.94. The summed E-state index contributed by atoms with van der Waals surface area (Å²) in [5, 5.41) is 3.05. The van der Waals surface area contributed by atoms with E-state index in [0.29, 0.717) is 18.7 Å². The maximum Gasteiger partial charge on any atom is 0.251 e. The number of nitrogens with zero attached hydrogens (tertiary/aromatic N) is 1. The lowest BCUT2D eigenvalue weighted by molar-refractivity contribution is 0.0340. The first-order chi connectivity index (χ1) is 13.6. The lowest BCUT2D eigenvalue weighted by Gasteiger charge is -2.27. The molecule has 1 saturated heterocycles. The van der Waals surface area contributed by atoms with E-state index in [9.17, 15) is 4.79 Å². The topological polar surface area (TPSA) is 50.8 Å². The van der Waals surface area contributed by atoms with Gasteiger partial charge in [0.15, 0.2) is 0 Å². The van der Waals surface area contributed by atoms with E-state index < -0.39 is 0 Å². The fourth-order valence-electron chi connectivity index (χ4n) is 3.18. The maximum atomic E-state index is 12.5. The first kappa shape index (κ1) is 20.5. The quantitative estimate of drug-likeness (QED) is 0.761. The highest BCUT2D eigenvalue weighted by atomic mass is 16.5. The van der Waals surface area contributed by atoms with Crippen molar-refractivity contribution in [3.05, 3.63) is 70.8 Å². The van der Waals surface area contributed by atoms with Crippen LogP contribution in [0.5, 0.6) is 0 Å². The van der Waals surface area contributed by atoms with Crippen LogP contribution in [0.25, 0.3) is 0 Å². The summed E-state index contributed by atoms with van der Waals surface area (Å²) in [5.74, 6) is -0.0579. The van der Waals surface area contributed by atoms with E-state index in [1.54, 1.807) is 0 Å². The zero-order valence-electron chi connectivity index (χ0n) is 16.8. The van der Waals surface area contributed by atoms with Crippen molar-refractivity contribution < 1.29 is 14.3 Å². The number of ether oxygens (including phenoxy) is 2. The average Bonchev–Trinajstić information content (AvgIpc) is 2.72. The van der Waals surface area contributed by atoms with E-state index in [4.69, 9.17) is 9.47 Å². The third-order valence-electron chi connectivity index (χ3n) is 4.85. The number of benzene rings is 2. The van der Waals surface area contributed by atoms with Gasteiger partial charge in [-0.25, -0.2) is 0 Å². The van der Waals surface area contributed by atoms with Gasteiger partial charge < -0.3 is 14.8 Å². The number of hydrogen-bond acceptors (Lipinski definition) is 4. The fourth-order valence-corrected chi connectivity index (χ4v) is 3.18. The largest absolute Gasteiger partial charge is 0.379 e. The van der Waals surface area contributed by atoms with Crippen molar-refractivity contribution in [2.45, 2.75) is 39.6 Å². The number of hydrogen-bond donors (Lipinski definition) is 1. The highest BCUT2D eigenvalue weighted by Crippen LogP contribution is 2.14. The molecule has 3 rings (SSSR count). The van der Waals surface area contributed by atoms with Crippen LogP contribution in [0.2, 0.25) is 0 Å². The van der Waals surface area contributed by atoms with E-state index in [1.807, 2.05) is 44.2 Å². The summed E-state index contributed by atoms with van der Waals surface area (Å²) >= 11 is 0. The lowest BCUT2D eigenvalue weighted by Crippen LogP contribution is -2.36. The van der Waals surface area contributed by atoms with Gasteiger partial charge in [-0.3, -0.25) is 9.69 Å². The molecule has 1 amide bonds. The second-order valence-corrected chi connectivity index (χ2v) is 7.40. The van der Waals surface area contributed by atoms with Crippen LogP contribution >= 0.6 is 0 Å². The van der Waals surface area contributed by atoms with Crippen molar-refractivity contribution in [1.82, 2.24) is 10.2 Å². The van der Waals surface area contributed by atoms with Gasteiger partial charge in [-0.1, -0.05) is 36.4 Å². The molecule has 2 aromatic carbocycles. The molecule has 2 aromatic rings. The van der Waals surface area contributed by atoms with E-state index in [0.717, 1.165) is 44.0 Å². The molecule has 1 heterocycles. The first-order valence-corrected chi connectivity index (χ1v) is 9.97. The molecule has 0 aromatic heterocycles. The molecule has 5 nitrogen and oxygen atoms in total. The number of carbonyl (C=O) groups excluding carboxylic acids is 1. The van der Waals surface area contributed by atoms with E-state index in [-0.39, 0.29) is 12.0 Å². The summed E-state index contributed by atoms with van der Waals surface area (Å²) in [6, 6.07) is 15.9. The van der Waals surface area contributed by atoms with Crippen molar-refractivity contribution in [3.63, 3.8) is 0 Å². The van der Waals surface area contributed by atoms with Crippen molar-refractivity contribution in [1.29, 1.82) is 0 Å². The predicted molar refractivity (Wildman–Crippen MR) is 110 cm³/mol. The molecule has 1 N–H and O–H groups in total. The van der Waals surface area contributed by atoms with Gasteiger partial charge in [0.2, 0.25) is 0 Å². The Hall–Kier alpha value is -2.21. The van der Waals surface area contributed by atoms with Crippen LogP contribution in [-0.4, -0.2) is 43.2 Å². The zero-order valence-corrected chi connectivity index (χ0v) is 16.8. The van der Waals surface area contributed by atoms with Gasteiger partial charge in [0, 0.05) is 31.7 Å². The first-order valence-electron chi connectivity index (χ1n) is 9.97. The number of rotatable bonds is 8. The van der Waals surface area contributed by atoms with Gasteiger partial charge in [0.05, 0.1) is 25.9 Å². The molecule has 28 heavy (non-hydrogen) atoms. The molecule has 0 spiro atoms. The average molecular weight is 383 g/mol. The third-order valence-corrected chi connectivity index (χ3v) is 4.85. The molecular formula is C23H30N2O3. The SMILES string of the molecule is CC(C)OCc1ccc(C(=O)NCc2ccccc2CN2CCOCC2)cc1. The summed E-state index contributed by atoms with van der Waals surface area (Å²) in [5.41, 5.74) is 4.15. The fraction of sp³-hybridized carbons (Fsp3) is 0.435. The van der Waals surface area contributed by atoms with Gasteiger partial charge in [-0.15, -0.1) is 0 Å². The molecule has 0 saturated carbocycles. The molecule has 0 unspecified atom stereocenters. The van der Waals surface area contributed by atoms with Gasteiger partial charge in [0.25, 0.3) is 5.91 Å². The molecule has 0 radical (unpaired) electrons. The van der Waals surface area contributed by atoms with Gasteiger partial charge in [-0.05, 0) is 42.7 Å². The van der Waals surface area contributed by atoms with E-state index >= 15 is 0 Å². The van der Waals surface area contributed by atoms with Crippen LogP contribution < -0.4 is 5.32 Å². The molecule has 0 atom stereocenters. The number of nitrogens with one attached hydrogen (secondary N) is 1. The van der Waals surface area contributed by atoms with Crippen molar-refractivity contribution in [2.75, 3.05) is 26.3 Å². The Bertz CT molecular complexity index is 753. The summed E-state index contributed by atoms with van der Waals surface area (Å²) in [4.78, 5) is 14.9. The number of morpholine rings is 1. The zero-order chi connectivity index (χ0) is 19.8. The Morgan fingerprint density at radius 2 is 1.75 bits per heavy atom. The lowest BCUT2D eigenvalue weighted by atomic mass is 10.1. The van der Waals surface area contributed by atoms with Crippen molar-refractivity contribution in [3.8, 4) is 0 Å². The van der Waals surface area contributed by atoms with Gasteiger partial charge >= 0.3 is 0 Å². The Balaban J connectivity index is 1.55. The van der Waals surface area contributed by atoms with Crippen molar-refractivity contribution >= 4 is 5.91 Å². The van der Waals surface area contributed by atoms with Crippen LogP contribution in [0.4, 0.5) is 0 Å². The number of amides is 1. The molecule has 150 valence electrons. The number of carbonyl (C=O) groups is 1. The van der Waals surface area contributed by atoms with Crippen LogP contribution in [0, 0.1) is 0 Å². The molecule has 5 heteroatoms. The Kier molecular flexibility index (Phi) is 7.60. The molecule has 0 aliphatic carbocycles. The minimum absolute atomic E-state index is 0.0579. The molecule has 0 bridgehead atoms. The smallest absolute Gasteiger partial charge is 0.251 e. The maximum absolute atomic E-state index is 12.5. The van der Waals surface area contributed by atoms with E-state index in [2.05, 4.69) is 28.4 Å². The summed E-state index contributed by atoms with van der Waals surface area (Å²) < 4.78 is 11.0. The van der Waals surface area contributed by atoms with Crippen LogP contribution in [-0.2, 0) is 29.2 Å². The van der Waals surface area contributed by atoms with Gasteiger partial charge in [0.1, 0.15) is 0 Å². The molecule has 1 aliphatic heterocycles. The van der Waals surface area contributed by atoms with Crippen LogP contribution in [0.1, 0.15) is 40.9 Å². The standard InChI is InChI=1S/C23H30N2O3/c1-18(2)28-17-19-7-9-20(10-8-19)23(26)24-15-21-5-3-4-6-22(21)16-25-11-13-27-14-12-25/h3-10,18H,11-17H2,1-2H3,(H,24,26). The third kappa shape index (κ3) is 6.16. The predicted octanol–water partition coefficient (Wildman–Crippen LogP) is 3.37. The minimum atomic E-state index is -0.0579. The molecule has 1 aliphatic rings. The molecule has 1 fully saturated rings. The van der Waals surface area contributed by atoms with Crippen LogP contribution in [0.15, 0.2) is 48.5 Å². The Morgan fingerprint density at radius 3 is 2.43 bits per heavy atom. The summed E-state index contributed by atoms with van der Waals surface area (Å²) in [6.07, 6.45) is 0.195. The monoisotopic (exact) mass is 382 g/mol. The van der Waals surface area contributed by atoms with Crippen molar-refractivity contribution in [2.24, 2.45) is 0 Å². The highest BCUT2D eigenvalue weighted by Gasteiger charge is 2.13. The normalized spacial score (nSPS) is 15.0. The second kappa shape index (κ2) is 10.4. The summed E-state index contributed by atoms with van der Waals surface area (Å²) in [6.45, 7) is 9.48. The summed E-state index contributed by atoms with van der Waals surface area (Å²) in [7, 11) is 0. The van der Waals surface area contributed by atoms with Gasteiger partial charge in [-0.2, -0.15) is 0 Å². The Labute approximate surface area is 167 Å². The van der Waals surface area contributed by atoms with E-state index in [1.165, 1.54) is 5.56 Å². The molecular weight excluding hydrogens is 352 g/mol. The second-order valence-electron chi connectivity index (χ2n) is 7.40. The van der Waals surface area contributed by atoms with Crippen LogP contribution in [0.3, 0.4) is 0 Å².